The molecule has 2 fully saturated rings. The molecule has 4 aliphatic heterocycles. The summed E-state index contributed by atoms with van der Waals surface area (Å²) in [4.78, 5) is 46.2. The maximum absolute atomic E-state index is 14.6. The smallest absolute Gasteiger partial charge is 0.311 e. The highest BCUT2D eigenvalue weighted by Gasteiger charge is 2.74. The molecule has 0 saturated carbocycles. The average molecular weight is 547 g/mol. The van der Waals surface area contributed by atoms with Gasteiger partial charge in [0.25, 0.3) is 0 Å². The van der Waals surface area contributed by atoms with E-state index in [0.29, 0.717) is 32.5 Å². The van der Waals surface area contributed by atoms with Crippen molar-refractivity contribution < 1.29 is 24.2 Å². The number of nitrogens with zero attached hydrogens (tertiary/aromatic N) is 2. The van der Waals surface area contributed by atoms with E-state index >= 15 is 0 Å². The molecule has 38 heavy (non-hydrogen) atoms. The standard InChI is InChI=1S/C30H46N2O5S/c1-27(2,3)20-28(4,5)32-17-13-15-30-21(22-26(36)37-19-12-7-9-14-29(22,6)38-30)24(34)31(23(30)25(32)35)16-10-8-11-18-33/h9,13-15,21-23,33H,7-8,10-12,16-20H2,1-6H3/b14-9-/t21-,22+,23?,29-,30-/m0/s1. The molecule has 1 N–H and O–H groups in total. The summed E-state index contributed by atoms with van der Waals surface area (Å²) in [6.07, 6.45) is 12.8. The quantitative estimate of drug-likeness (QED) is 0.290. The van der Waals surface area contributed by atoms with Crippen molar-refractivity contribution in [1.29, 1.82) is 0 Å². The Morgan fingerprint density at radius 3 is 2.45 bits per heavy atom. The Balaban J connectivity index is 1.80. The third-order valence-corrected chi connectivity index (χ3v) is 10.3. The van der Waals surface area contributed by atoms with Gasteiger partial charge in [-0.15, -0.1) is 11.8 Å². The normalized spacial score (nSPS) is 34.6. The monoisotopic (exact) mass is 546 g/mol. The van der Waals surface area contributed by atoms with Crippen LogP contribution in [-0.4, -0.2) is 80.1 Å². The van der Waals surface area contributed by atoms with E-state index < -0.39 is 32.9 Å². The van der Waals surface area contributed by atoms with Gasteiger partial charge in [-0.05, 0) is 64.7 Å². The molecule has 1 unspecified atom stereocenters. The minimum Gasteiger partial charge on any atom is -0.465 e. The molecule has 4 rings (SSSR count). The lowest BCUT2D eigenvalue weighted by atomic mass is 9.74. The molecule has 0 aliphatic carbocycles. The van der Waals surface area contributed by atoms with Crippen molar-refractivity contribution in [1.82, 2.24) is 9.80 Å². The number of rotatable bonds is 7. The molecule has 8 heteroatoms. The molecule has 0 bridgehead atoms. The maximum Gasteiger partial charge on any atom is 0.311 e. The van der Waals surface area contributed by atoms with Crippen LogP contribution >= 0.6 is 11.8 Å². The molecule has 2 amide bonds. The van der Waals surface area contributed by atoms with Crippen molar-refractivity contribution in [3.05, 3.63) is 24.3 Å². The third-order valence-electron chi connectivity index (χ3n) is 8.50. The summed E-state index contributed by atoms with van der Waals surface area (Å²) < 4.78 is 4.20. The topological polar surface area (TPSA) is 87.2 Å². The Morgan fingerprint density at radius 2 is 1.76 bits per heavy atom. The van der Waals surface area contributed by atoms with Crippen LogP contribution in [-0.2, 0) is 19.1 Å². The van der Waals surface area contributed by atoms with E-state index in [0.717, 1.165) is 25.7 Å². The fourth-order valence-electron chi connectivity index (χ4n) is 7.38. The predicted molar refractivity (Wildman–Crippen MR) is 150 cm³/mol. The Bertz CT molecular complexity index is 1000. The van der Waals surface area contributed by atoms with E-state index in [4.69, 9.17) is 4.74 Å². The first-order chi connectivity index (χ1) is 17.8. The molecule has 1 spiro atoms. The lowest BCUT2D eigenvalue weighted by molar-refractivity contribution is -0.154. The van der Waals surface area contributed by atoms with Gasteiger partial charge in [0.2, 0.25) is 11.8 Å². The number of unbranched alkanes of at least 4 members (excludes halogenated alkanes) is 2. The molecule has 4 heterocycles. The number of allylic oxidation sites excluding steroid dienone is 1. The number of hydrogen-bond acceptors (Lipinski definition) is 6. The molecule has 0 radical (unpaired) electrons. The predicted octanol–water partition coefficient (Wildman–Crippen LogP) is 4.34. The fraction of sp³-hybridized carbons (Fsp3) is 0.767. The maximum atomic E-state index is 14.6. The molecular weight excluding hydrogens is 500 g/mol. The van der Waals surface area contributed by atoms with Crippen LogP contribution in [0.5, 0.6) is 0 Å². The van der Waals surface area contributed by atoms with Crippen molar-refractivity contribution in [2.45, 2.75) is 101 Å². The summed E-state index contributed by atoms with van der Waals surface area (Å²) in [5.41, 5.74) is -0.399. The van der Waals surface area contributed by atoms with E-state index in [1.165, 1.54) is 0 Å². The first-order valence-corrected chi connectivity index (χ1v) is 15.0. The van der Waals surface area contributed by atoms with E-state index in [1.54, 1.807) is 16.7 Å². The van der Waals surface area contributed by atoms with Gasteiger partial charge in [0.1, 0.15) is 6.04 Å². The molecule has 5 atom stereocenters. The van der Waals surface area contributed by atoms with Crippen LogP contribution in [0.15, 0.2) is 24.3 Å². The second-order valence-corrected chi connectivity index (χ2v) is 15.2. The van der Waals surface area contributed by atoms with Crippen molar-refractivity contribution in [3.63, 3.8) is 0 Å². The van der Waals surface area contributed by atoms with Crippen LogP contribution in [0.25, 0.3) is 0 Å². The van der Waals surface area contributed by atoms with Crippen LogP contribution in [0.3, 0.4) is 0 Å². The van der Waals surface area contributed by atoms with Gasteiger partial charge in [0, 0.05) is 30.0 Å². The number of carbonyl (C=O) groups is 3. The first kappa shape index (κ1) is 29.2. The number of fused-ring (bicyclic) bond motifs is 2. The minimum atomic E-state index is -0.848. The number of aliphatic hydroxyl groups is 1. The first-order valence-electron chi connectivity index (χ1n) is 14.2. The van der Waals surface area contributed by atoms with Crippen LogP contribution in [0.4, 0.5) is 0 Å². The second kappa shape index (κ2) is 10.6. The van der Waals surface area contributed by atoms with Gasteiger partial charge < -0.3 is 19.6 Å². The van der Waals surface area contributed by atoms with E-state index in [1.807, 2.05) is 11.8 Å². The molecule has 4 aliphatic rings. The van der Waals surface area contributed by atoms with Crippen LogP contribution in [0.1, 0.15) is 80.1 Å². The van der Waals surface area contributed by atoms with E-state index in [9.17, 15) is 19.5 Å². The SMILES string of the molecule is CC(C)(C)CC(C)(C)N1CC=C[C@]23S[C@@]4(C)/C=C\CCCOC(=O)[C@H]4[C@H]2C(=O)N(CCCCCO)C3C1=O. The average Bonchev–Trinajstić information content (AvgIpc) is 3.14. The highest BCUT2D eigenvalue weighted by Crippen LogP contribution is 2.65. The zero-order valence-electron chi connectivity index (χ0n) is 24.0. The van der Waals surface area contributed by atoms with Crippen molar-refractivity contribution in [2.24, 2.45) is 17.3 Å². The number of ether oxygens (including phenoxy) is 1. The van der Waals surface area contributed by atoms with Gasteiger partial charge >= 0.3 is 5.97 Å². The highest BCUT2D eigenvalue weighted by atomic mass is 32.2. The second-order valence-electron chi connectivity index (χ2n) is 13.4. The van der Waals surface area contributed by atoms with E-state index in [-0.39, 0.29) is 29.8 Å². The number of amides is 2. The number of esters is 1. The summed E-state index contributed by atoms with van der Waals surface area (Å²) in [5.74, 6) is -1.83. The summed E-state index contributed by atoms with van der Waals surface area (Å²) in [5, 5.41) is 9.27. The van der Waals surface area contributed by atoms with Crippen LogP contribution < -0.4 is 0 Å². The highest BCUT2D eigenvalue weighted by molar-refractivity contribution is 8.02. The van der Waals surface area contributed by atoms with Gasteiger partial charge in [-0.25, -0.2) is 0 Å². The number of cyclic esters (lactones) is 1. The van der Waals surface area contributed by atoms with E-state index in [2.05, 4.69) is 58.9 Å². The number of thioether (sulfide) groups is 1. The molecule has 2 saturated heterocycles. The Morgan fingerprint density at radius 1 is 1.03 bits per heavy atom. The number of carbonyl (C=O) groups excluding carboxylic acids is 3. The largest absolute Gasteiger partial charge is 0.465 e. The molecule has 7 nitrogen and oxygen atoms in total. The Kier molecular flexibility index (Phi) is 8.17. The van der Waals surface area contributed by atoms with Gasteiger partial charge in [0.05, 0.1) is 23.2 Å². The molecular formula is C30H46N2O5S. The summed E-state index contributed by atoms with van der Waals surface area (Å²) >= 11 is 1.60. The number of aliphatic hydroxyl groups excluding tert-OH is 1. The molecule has 0 aromatic heterocycles. The van der Waals surface area contributed by atoms with Crippen molar-refractivity contribution in [2.75, 3.05) is 26.3 Å². The zero-order valence-corrected chi connectivity index (χ0v) is 24.8. The minimum absolute atomic E-state index is 0.0174. The number of likely N-dealkylation sites (tertiary alicyclic amines) is 1. The van der Waals surface area contributed by atoms with Gasteiger partial charge in [-0.1, -0.05) is 45.1 Å². The zero-order chi connectivity index (χ0) is 27.9. The van der Waals surface area contributed by atoms with Crippen LogP contribution in [0, 0.1) is 17.3 Å². The fourth-order valence-corrected chi connectivity index (χ4v) is 9.54. The van der Waals surface area contributed by atoms with Crippen molar-refractivity contribution in [3.8, 4) is 0 Å². The summed E-state index contributed by atoms with van der Waals surface area (Å²) in [6, 6.07) is -0.689. The molecule has 212 valence electrons. The number of hydrogen-bond donors (Lipinski definition) is 1. The van der Waals surface area contributed by atoms with Gasteiger partial charge in [-0.2, -0.15) is 0 Å². The van der Waals surface area contributed by atoms with Gasteiger partial charge in [0.15, 0.2) is 0 Å². The Labute approximate surface area is 232 Å². The van der Waals surface area contributed by atoms with Crippen molar-refractivity contribution >= 4 is 29.5 Å². The summed E-state index contributed by atoms with van der Waals surface area (Å²) in [6.45, 7) is 14.2. The Hall–Kier alpha value is -1.80. The molecule has 0 aromatic rings. The van der Waals surface area contributed by atoms with Crippen LogP contribution in [0.2, 0.25) is 0 Å². The summed E-state index contributed by atoms with van der Waals surface area (Å²) in [7, 11) is 0. The lowest BCUT2D eigenvalue weighted by Gasteiger charge is -2.44. The van der Waals surface area contributed by atoms with Gasteiger partial charge in [-0.3, -0.25) is 14.4 Å². The molecule has 0 aromatic carbocycles. The lowest BCUT2D eigenvalue weighted by Crippen LogP contribution is -2.58. The third kappa shape index (κ3) is 5.19.